The molecule has 0 atom stereocenters. The van der Waals surface area contributed by atoms with Crippen molar-refractivity contribution in [3.63, 3.8) is 0 Å². The molecule has 372 valence electrons. The molecule has 7 rings (SSSR count). The third-order valence-corrected chi connectivity index (χ3v) is 15.3. The number of imide groups is 1. The van der Waals surface area contributed by atoms with E-state index >= 15 is 0 Å². The smallest absolute Gasteiger partial charge is 0.294 e. The molecule has 0 bridgehead atoms. The number of nitrogens with zero attached hydrogens (tertiary/aromatic N) is 3. The van der Waals surface area contributed by atoms with Gasteiger partial charge in [-0.1, -0.05) is 70.0 Å². The van der Waals surface area contributed by atoms with Gasteiger partial charge in [0.05, 0.1) is 16.1 Å². The number of hydrogen-bond acceptors (Lipinski definition) is 9. The lowest BCUT2D eigenvalue weighted by Crippen LogP contribution is -2.38. The summed E-state index contributed by atoms with van der Waals surface area (Å²) in [6.07, 6.45) is 17.8. The van der Waals surface area contributed by atoms with E-state index in [1.54, 1.807) is 12.1 Å². The summed E-state index contributed by atoms with van der Waals surface area (Å²) in [6.45, 7) is 12.2. The van der Waals surface area contributed by atoms with E-state index in [9.17, 15) is 40.3 Å². The Hall–Kier alpha value is -5.94. The number of amides is 3. The number of unbranched alkanes of at least 4 members (excludes halogenated alkanes) is 3. The molecule has 0 unspecified atom stereocenters. The highest BCUT2D eigenvalue weighted by Crippen LogP contribution is 2.49. The van der Waals surface area contributed by atoms with Crippen LogP contribution in [0.5, 0.6) is 5.75 Å². The number of hydrogen-bond donors (Lipinski definition) is 3. The van der Waals surface area contributed by atoms with Crippen molar-refractivity contribution in [3.8, 4) is 5.75 Å². The second kappa shape index (κ2) is 21.6. The van der Waals surface area contributed by atoms with Crippen LogP contribution in [0, 0.1) is 0 Å². The maximum atomic E-state index is 12.7. The molecule has 1 aliphatic carbocycles. The van der Waals surface area contributed by atoms with Crippen molar-refractivity contribution in [2.24, 2.45) is 0 Å². The molecule has 16 heteroatoms. The number of anilines is 1. The second-order valence-electron chi connectivity index (χ2n) is 19.4. The maximum absolute atomic E-state index is 12.7. The molecule has 0 radical (unpaired) electrons. The van der Waals surface area contributed by atoms with E-state index < -0.39 is 25.7 Å². The van der Waals surface area contributed by atoms with Crippen molar-refractivity contribution < 1.29 is 49.6 Å². The van der Waals surface area contributed by atoms with E-state index in [0.29, 0.717) is 37.3 Å². The summed E-state index contributed by atoms with van der Waals surface area (Å²) < 4.78 is 76.3. The molecule has 0 fully saturated rings. The molecule has 0 aromatic heterocycles. The SMILES string of the molecule is CCCCCN1/C(=C/C=C2\CCCC(/C=C/C3=[N+](CCCCS(=O)(=O)O)c4ccccc4C3(C)C)=C2Oc2ccc(CCC(=O)NCCN3C(=O)C=CC3=O)cc2)C(C)(C)c2cc(S(=O)(=O)O)ccc21. The molecule has 3 aromatic carbocycles. The van der Waals surface area contributed by atoms with Gasteiger partial charge in [-0.05, 0) is 117 Å². The number of aryl methyl sites for hydroxylation is 1. The summed E-state index contributed by atoms with van der Waals surface area (Å²) in [5.74, 6) is 0.0439. The lowest BCUT2D eigenvalue weighted by atomic mass is 9.81. The molecule has 0 saturated carbocycles. The zero-order valence-electron chi connectivity index (χ0n) is 40.7. The van der Waals surface area contributed by atoms with Crippen LogP contribution in [-0.2, 0) is 51.9 Å². The first-order valence-electron chi connectivity index (χ1n) is 24.2. The highest BCUT2D eigenvalue weighted by atomic mass is 32.2. The normalized spacial score (nSPS) is 18.8. The van der Waals surface area contributed by atoms with Crippen molar-refractivity contribution in [1.82, 2.24) is 10.2 Å². The van der Waals surface area contributed by atoms with E-state index in [2.05, 4.69) is 85.8 Å². The summed E-state index contributed by atoms with van der Waals surface area (Å²) in [4.78, 5) is 39.6. The first-order chi connectivity index (χ1) is 33.2. The van der Waals surface area contributed by atoms with Gasteiger partial charge in [-0.3, -0.25) is 28.4 Å². The zero-order chi connectivity index (χ0) is 50.4. The van der Waals surface area contributed by atoms with Crippen LogP contribution in [-0.4, -0.2) is 90.8 Å². The number of fused-ring (bicyclic) bond motifs is 2. The van der Waals surface area contributed by atoms with Crippen LogP contribution >= 0.6 is 0 Å². The Morgan fingerprint density at radius 2 is 1.54 bits per heavy atom. The molecule has 0 spiro atoms. The number of allylic oxidation sites excluding steroid dienone is 7. The molecular formula is C54H65N4O10S2+. The molecule has 70 heavy (non-hydrogen) atoms. The highest BCUT2D eigenvalue weighted by Gasteiger charge is 2.44. The lowest BCUT2D eigenvalue weighted by Gasteiger charge is -2.27. The molecular weight excluding hydrogens is 929 g/mol. The van der Waals surface area contributed by atoms with Crippen molar-refractivity contribution in [2.45, 2.75) is 115 Å². The molecule has 3 aliphatic heterocycles. The van der Waals surface area contributed by atoms with Crippen molar-refractivity contribution >= 4 is 55.0 Å². The summed E-state index contributed by atoms with van der Waals surface area (Å²) in [6, 6.07) is 20.7. The van der Waals surface area contributed by atoms with E-state index in [0.717, 1.165) is 101 Å². The standard InChI is InChI=1S/C54H64N4O10S2/c1-6-7-10-33-57-46-26-25-42(70(65,66)67)37-44(46)54(4,5)48(57)28-22-40-15-13-14-39(21-27-47-53(2,3)43-16-8-9-17-45(43)56(47)34-11-12-36-69(62,63)64)52(40)68-41-23-18-38(19-24-41)20-29-49(59)55-32-35-58-50(60)30-31-51(58)61/h8-9,16-19,21-28,30-31,37H,6-7,10-15,20,29,32-36H2,1-5H3,(H2-,55,59,62,63,64,65,66,67)/p+1. The molecule has 3 N–H and O–H groups in total. The van der Waals surface area contributed by atoms with Gasteiger partial charge in [-0.2, -0.15) is 21.4 Å². The number of para-hydroxylation sites is 1. The average Bonchev–Trinajstić information content (AvgIpc) is 3.83. The number of rotatable bonds is 21. The number of carbonyl (C=O) groups is 3. The number of ether oxygens (including phenoxy) is 1. The first-order valence-corrected chi connectivity index (χ1v) is 27.2. The van der Waals surface area contributed by atoms with E-state index in [1.807, 2.05) is 36.4 Å². The fourth-order valence-electron chi connectivity index (χ4n) is 9.87. The van der Waals surface area contributed by atoms with Crippen molar-refractivity contribution in [2.75, 3.05) is 36.8 Å². The van der Waals surface area contributed by atoms with E-state index in [1.165, 1.54) is 18.2 Å². The van der Waals surface area contributed by atoms with Gasteiger partial charge in [0.15, 0.2) is 5.71 Å². The average molecular weight is 994 g/mol. The van der Waals surface area contributed by atoms with Gasteiger partial charge >= 0.3 is 0 Å². The minimum Gasteiger partial charge on any atom is -0.457 e. The molecule has 3 heterocycles. The Balaban J connectivity index is 1.22. The summed E-state index contributed by atoms with van der Waals surface area (Å²) in [5, 5.41) is 2.79. The Labute approximate surface area is 412 Å². The number of carbonyl (C=O) groups excluding carboxylic acids is 3. The molecule has 0 saturated heterocycles. The predicted octanol–water partition coefficient (Wildman–Crippen LogP) is 8.82. The van der Waals surface area contributed by atoms with Crippen LogP contribution in [0.15, 0.2) is 131 Å². The third-order valence-electron chi connectivity index (χ3n) is 13.7. The summed E-state index contributed by atoms with van der Waals surface area (Å²) in [7, 11) is -8.51. The van der Waals surface area contributed by atoms with Gasteiger partial charge in [-0.15, -0.1) is 0 Å². The van der Waals surface area contributed by atoms with Gasteiger partial charge in [0.1, 0.15) is 18.1 Å². The number of nitrogens with one attached hydrogen (secondary N) is 1. The monoisotopic (exact) mass is 993 g/mol. The first kappa shape index (κ1) is 51.9. The predicted molar refractivity (Wildman–Crippen MR) is 272 cm³/mol. The third kappa shape index (κ3) is 12.0. The van der Waals surface area contributed by atoms with Gasteiger partial charge in [0.2, 0.25) is 11.6 Å². The molecule has 3 aromatic rings. The zero-order valence-corrected chi connectivity index (χ0v) is 42.4. The molecule has 3 amide bonds. The fraction of sp³-hybridized carbons (Fsp3) is 0.407. The Morgan fingerprint density at radius 1 is 0.814 bits per heavy atom. The Morgan fingerprint density at radius 3 is 2.24 bits per heavy atom. The van der Waals surface area contributed by atoms with Crippen LogP contribution in [0.2, 0.25) is 0 Å². The molecule has 14 nitrogen and oxygen atoms in total. The Bertz CT molecular complexity index is 2930. The van der Waals surface area contributed by atoms with Crippen LogP contribution < -0.4 is 15.0 Å². The number of benzene rings is 3. The lowest BCUT2D eigenvalue weighted by molar-refractivity contribution is -0.438. The summed E-state index contributed by atoms with van der Waals surface area (Å²) >= 11 is 0. The Kier molecular flexibility index (Phi) is 16.0. The van der Waals surface area contributed by atoms with Crippen LogP contribution in [0.25, 0.3) is 0 Å². The van der Waals surface area contributed by atoms with E-state index in [4.69, 9.17) is 4.74 Å². The topological polar surface area (TPSA) is 191 Å². The second-order valence-corrected chi connectivity index (χ2v) is 22.3. The highest BCUT2D eigenvalue weighted by molar-refractivity contribution is 7.86. The van der Waals surface area contributed by atoms with Gasteiger partial charge in [-0.25, -0.2) is 0 Å². The van der Waals surface area contributed by atoms with E-state index in [-0.39, 0.29) is 53.3 Å². The van der Waals surface area contributed by atoms with Crippen LogP contribution in [0.3, 0.4) is 0 Å². The van der Waals surface area contributed by atoms with Crippen LogP contribution in [0.1, 0.15) is 109 Å². The van der Waals surface area contributed by atoms with Crippen LogP contribution in [0.4, 0.5) is 11.4 Å². The van der Waals surface area contributed by atoms with Crippen molar-refractivity contribution in [1.29, 1.82) is 0 Å². The fourth-order valence-corrected chi connectivity index (χ4v) is 10.9. The maximum Gasteiger partial charge on any atom is 0.294 e. The minimum absolute atomic E-state index is 0.103. The van der Waals surface area contributed by atoms with Crippen molar-refractivity contribution in [3.05, 3.63) is 142 Å². The van der Waals surface area contributed by atoms with Gasteiger partial charge < -0.3 is 15.0 Å². The van der Waals surface area contributed by atoms with Gasteiger partial charge in [0, 0.05) is 79.1 Å². The summed E-state index contributed by atoms with van der Waals surface area (Å²) in [5.41, 5.74) is 7.87. The van der Waals surface area contributed by atoms with Gasteiger partial charge in [0.25, 0.3) is 32.1 Å². The minimum atomic E-state index is -4.43. The quantitative estimate of drug-likeness (QED) is 0.0400. The largest absolute Gasteiger partial charge is 0.457 e. The molecule has 4 aliphatic rings.